The molecule has 0 amide bonds. The van der Waals surface area contributed by atoms with Gasteiger partial charge in [-0.3, -0.25) is 9.81 Å². The second-order valence-electron chi connectivity index (χ2n) is 4.05. The van der Waals surface area contributed by atoms with Crippen LogP contribution in [0, 0.1) is 16.7 Å². The molecule has 0 bridgehead atoms. The average molecular weight is 266 g/mol. The topological polar surface area (TPSA) is 64.9 Å². The number of nitrogens with zero attached hydrogens (tertiary/aromatic N) is 3. The average Bonchev–Trinajstić information content (AvgIpc) is 2.46. The number of hydrogen-bond donors (Lipinski definition) is 1. The molecular weight excluding hydrogens is 256 g/mol. The van der Waals surface area contributed by atoms with Crippen LogP contribution < -0.4 is 5.49 Å². The zero-order valence-electron chi connectivity index (χ0n) is 10.2. The molecule has 0 aliphatic rings. The summed E-state index contributed by atoms with van der Waals surface area (Å²) < 4.78 is 1.65. The summed E-state index contributed by atoms with van der Waals surface area (Å²) >= 11 is 1.39. The first-order valence-electron chi connectivity index (χ1n) is 5.69. The highest BCUT2D eigenvalue weighted by Crippen LogP contribution is 2.21. The fraction of sp³-hybridized carbons (Fsp3) is 0.0714. The standard InChI is InChI=1S/C14H10N4S/c1-19-14-11(8-15)12(16)18-7-6-9-4-2-3-5-10(9)13(18)17-14/h2-7,16H,1H3. The SMILES string of the molecule is CSc1nc2c3ccccc3ccn2c(=N)c1C#N. The van der Waals surface area contributed by atoms with Crippen molar-refractivity contribution in [1.82, 2.24) is 9.38 Å². The number of thioether (sulfide) groups is 1. The molecule has 5 heteroatoms. The van der Waals surface area contributed by atoms with Crippen molar-refractivity contribution in [3.05, 3.63) is 47.6 Å². The molecule has 0 fully saturated rings. The summed E-state index contributed by atoms with van der Waals surface area (Å²) in [6, 6.07) is 11.9. The molecular formula is C14H10N4S. The molecule has 0 saturated carbocycles. The fourth-order valence-corrected chi connectivity index (χ4v) is 2.64. The van der Waals surface area contributed by atoms with Gasteiger partial charge in [0.25, 0.3) is 0 Å². The van der Waals surface area contributed by atoms with Gasteiger partial charge < -0.3 is 0 Å². The third-order valence-corrected chi connectivity index (χ3v) is 3.72. The van der Waals surface area contributed by atoms with Crippen LogP contribution in [0.5, 0.6) is 0 Å². The van der Waals surface area contributed by atoms with Crippen LogP contribution in [0.3, 0.4) is 0 Å². The van der Waals surface area contributed by atoms with Gasteiger partial charge in [0, 0.05) is 11.6 Å². The number of hydrogen-bond acceptors (Lipinski definition) is 4. The van der Waals surface area contributed by atoms with E-state index in [2.05, 4.69) is 11.1 Å². The highest BCUT2D eigenvalue weighted by molar-refractivity contribution is 7.98. The van der Waals surface area contributed by atoms with Gasteiger partial charge >= 0.3 is 0 Å². The third-order valence-electron chi connectivity index (χ3n) is 3.04. The zero-order chi connectivity index (χ0) is 13.4. The highest BCUT2D eigenvalue weighted by atomic mass is 32.2. The second-order valence-corrected chi connectivity index (χ2v) is 4.85. The largest absolute Gasteiger partial charge is 0.285 e. The Labute approximate surface area is 113 Å². The van der Waals surface area contributed by atoms with E-state index in [4.69, 9.17) is 10.7 Å². The molecule has 0 unspecified atom stereocenters. The van der Waals surface area contributed by atoms with Crippen LogP contribution in [0.15, 0.2) is 41.6 Å². The number of fused-ring (bicyclic) bond motifs is 3. The molecule has 0 spiro atoms. The van der Waals surface area contributed by atoms with Crippen LogP contribution in [0.25, 0.3) is 16.4 Å². The predicted molar refractivity (Wildman–Crippen MR) is 75.0 cm³/mol. The Morgan fingerprint density at radius 2 is 2.11 bits per heavy atom. The minimum absolute atomic E-state index is 0.183. The van der Waals surface area contributed by atoms with Crippen molar-refractivity contribution in [1.29, 1.82) is 10.7 Å². The molecule has 3 aromatic rings. The lowest BCUT2D eigenvalue weighted by molar-refractivity contribution is 0.922. The maximum Gasteiger partial charge on any atom is 0.151 e. The van der Waals surface area contributed by atoms with E-state index in [0.29, 0.717) is 16.2 Å². The van der Waals surface area contributed by atoms with E-state index < -0.39 is 0 Å². The van der Waals surface area contributed by atoms with Gasteiger partial charge in [-0.05, 0) is 17.7 Å². The van der Waals surface area contributed by atoms with E-state index in [1.54, 1.807) is 10.6 Å². The first-order valence-corrected chi connectivity index (χ1v) is 6.91. The molecule has 4 nitrogen and oxygen atoms in total. The molecule has 3 rings (SSSR count). The Morgan fingerprint density at radius 1 is 1.32 bits per heavy atom. The lowest BCUT2D eigenvalue weighted by Crippen LogP contribution is -2.19. The summed E-state index contributed by atoms with van der Waals surface area (Å²) in [5.74, 6) is 0. The number of rotatable bonds is 1. The highest BCUT2D eigenvalue weighted by Gasteiger charge is 2.10. The monoisotopic (exact) mass is 266 g/mol. The Kier molecular flexibility index (Phi) is 2.73. The van der Waals surface area contributed by atoms with Gasteiger partial charge in [-0.15, -0.1) is 11.8 Å². The molecule has 92 valence electrons. The number of pyridine rings is 1. The lowest BCUT2D eigenvalue weighted by Gasteiger charge is -2.08. The van der Waals surface area contributed by atoms with Gasteiger partial charge in [0.15, 0.2) is 5.49 Å². The Morgan fingerprint density at radius 3 is 2.84 bits per heavy atom. The molecule has 19 heavy (non-hydrogen) atoms. The molecule has 1 aromatic carbocycles. The Bertz CT molecular complexity index is 889. The van der Waals surface area contributed by atoms with E-state index in [-0.39, 0.29) is 5.49 Å². The van der Waals surface area contributed by atoms with Gasteiger partial charge in [-0.2, -0.15) is 5.26 Å². The summed E-state index contributed by atoms with van der Waals surface area (Å²) in [4.78, 5) is 4.54. The second kappa shape index (κ2) is 4.41. The molecule has 0 aliphatic carbocycles. The summed E-state index contributed by atoms with van der Waals surface area (Å²) in [6.07, 6.45) is 3.65. The fourth-order valence-electron chi connectivity index (χ4n) is 2.12. The molecule has 0 saturated heterocycles. The maximum absolute atomic E-state index is 9.17. The molecule has 0 aliphatic heterocycles. The van der Waals surface area contributed by atoms with Gasteiger partial charge in [-0.25, -0.2) is 4.98 Å². The molecule has 0 atom stereocenters. The molecule has 2 aromatic heterocycles. The van der Waals surface area contributed by atoms with Crippen molar-refractivity contribution < 1.29 is 0 Å². The van der Waals surface area contributed by atoms with Crippen molar-refractivity contribution in [3.63, 3.8) is 0 Å². The van der Waals surface area contributed by atoms with E-state index in [9.17, 15) is 0 Å². The number of benzene rings is 1. The third kappa shape index (κ3) is 1.69. The van der Waals surface area contributed by atoms with Crippen molar-refractivity contribution in [3.8, 4) is 6.07 Å². The smallest absolute Gasteiger partial charge is 0.151 e. The van der Waals surface area contributed by atoms with Crippen molar-refractivity contribution in [2.45, 2.75) is 5.03 Å². The van der Waals surface area contributed by atoms with E-state index in [1.807, 2.05) is 36.6 Å². The number of aromatic nitrogens is 2. The minimum Gasteiger partial charge on any atom is -0.285 e. The van der Waals surface area contributed by atoms with Crippen LogP contribution in [0.4, 0.5) is 0 Å². The molecule has 2 heterocycles. The zero-order valence-corrected chi connectivity index (χ0v) is 11.0. The van der Waals surface area contributed by atoms with Gasteiger partial charge in [0.2, 0.25) is 0 Å². The van der Waals surface area contributed by atoms with Crippen LogP contribution in [-0.4, -0.2) is 15.6 Å². The Balaban J connectivity index is 2.59. The van der Waals surface area contributed by atoms with Crippen LogP contribution in [0.2, 0.25) is 0 Å². The Hall–Kier alpha value is -2.32. The van der Waals surface area contributed by atoms with Crippen molar-refractivity contribution in [2.24, 2.45) is 0 Å². The van der Waals surface area contributed by atoms with Gasteiger partial charge in [-0.1, -0.05) is 24.3 Å². The van der Waals surface area contributed by atoms with Crippen LogP contribution in [0.1, 0.15) is 5.56 Å². The van der Waals surface area contributed by atoms with Crippen LogP contribution >= 0.6 is 11.8 Å². The van der Waals surface area contributed by atoms with E-state index in [0.717, 1.165) is 10.8 Å². The quantitative estimate of drug-likeness (QED) is 0.418. The van der Waals surface area contributed by atoms with E-state index in [1.165, 1.54) is 11.8 Å². The molecule has 0 radical (unpaired) electrons. The van der Waals surface area contributed by atoms with Crippen molar-refractivity contribution in [2.75, 3.05) is 6.26 Å². The maximum atomic E-state index is 9.17. The van der Waals surface area contributed by atoms with Crippen LogP contribution in [-0.2, 0) is 0 Å². The number of nitrogens with one attached hydrogen (secondary N) is 1. The summed E-state index contributed by atoms with van der Waals surface area (Å²) in [6.45, 7) is 0. The first kappa shape index (κ1) is 11.8. The van der Waals surface area contributed by atoms with Gasteiger partial charge in [0.05, 0.1) is 0 Å². The normalized spacial score (nSPS) is 10.7. The van der Waals surface area contributed by atoms with Crippen molar-refractivity contribution >= 4 is 28.2 Å². The minimum atomic E-state index is 0.183. The first-order chi connectivity index (χ1) is 9.26. The van der Waals surface area contributed by atoms with Gasteiger partial charge in [0.1, 0.15) is 22.3 Å². The van der Waals surface area contributed by atoms with E-state index >= 15 is 0 Å². The summed E-state index contributed by atoms with van der Waals surface area (Å²) in [5.41, 5.74) is 1.22. The summed E-state index contributed by atoms with van der Waals surface area (Å²) in [7, 11) is 0. The molecule has 1 N–H and O–H groups in total. The predicted octanol–water partition coefficient (Wildman–Crippen LogP) is 2.56. The summed E-state index contributed by atoms with van der Waals surface area (Å²) in [5, 5.41) is 20.0. The number of nitriles is 1. The lowest BCUT2D eigenvalue weighted by atomic mass is 10.1.